The van der Waals surface area contributed by atoms with Crippen LogP contribution in [0.15, 0.2) is 24.4 Å². The molecule has 0 aliphatic carbocycles. The molecular weight excluding hydrogens is 206 g/mol. The Hall–Kier alpha value is -1.43. The number of nitrogens with zero attached hydrogens (tertiary/aromatic N) is 1. The van der Waals surface area contributed by atoms with E-state index in [1.807, 2.05) is 18.2 Å². The monoisotopic (exact) mass is 221 g/mol. The number of hydrogen-bond donors (Lipinski definition) is 4. The molecule has 0 aliphatic heterocycles. The van der Waals surface area contributed by atoms with Gasteiger partial charge in [-0.15, -0.1) is 0 Å². The molecule has 0 radical (unpaired) electrons. The first-order chi connectivity index (χ1) is 7.85. The van der Waals surface area contributed by atoms with Crippen molar-refractivity contribution in [2.24, 2.45) is 0 Å². The molecule has 0 fully saturated rings. The summed E-state index contributed by atoms with van der Waals surface area (Å²) in [7, 11) is 0. The molecule has 0 aliphatic rings. The summed E-state index contributed by atoms with van der Waals surface area (Å²) < 4.78 is 0. The molecule has 1 heterocycles. The van der Waals surface area contributed by atoms with E-state index in [9.17, 15) is 0 Å². The molecule has 1 aromatic heterocycles. The van der Waals surface area contributed by atoms with Crippen LogP contribution in [0.25, 0.3) is 10.9 Å². The number of benzene rings is 1. The number of fused-ring (bicyclic) bond motifs is 1. The van der Waals surface area contributed by atoms with Gasteiger partial charge < -0.3 is 15.5 Å². The number of hydrogen-bond acceptors (Lipinski definition) is 4. The van der Waals surface area contributed by atoms with Gasteiger partial charge in [0.2, 0.25) is 0 Å². The molecule has 2 rings (SSSR count). The molecule has 0 bridgehead atoms. The number of aromatic nitrogens is 2. The summed E-state index contributed by atoms with van der Waals surface area (Å²) in [5, 5.41) is 28.9. The Bertz CT molecular complexity index is 451. The van der Waals surface area contributed by atoms with Gasteiger partial charge in [0.15, 0.2) is 0 Å². The van der Waals surface area contributed by atoms with Gasteiger partial charge >= 0.3 is 0 Å². The molecule has 86 valence electrons. The van der Waals surface area contributed by atoms with E-state index in [0.717, 1.165) is 16.5 Å². The Labute approximate surface area is 93.1 Å². The lowest BCUT2D eigenvalue weighted by atomic mass is 10.1. The summed E-state index contributed by atoms with van der Waals surface area (Å²) in [5.41, 5.74) is 2.06. The Morgan fingerprint density at radius 2 is 2.12 bits per heavy atom. The van der Waals surface area contributed by atoms with Crippen molar-refractivity contribution in [2.75, 3.05) is 13.2 Å². The first-order valence-electron chi connectivity index (χ1n) is 5.21. The number of rotatable bonds is 5. The maximum atomic E-state index is 8.93. The molecule has 5 nitrogen and oxygen atoms in total. The van der Waals surface area contributed by atoms with Crippen molar-refractivity contribution in [2.45, 2.75) is 12.6 Å². The lowest BCUT2D eigenvalue weighted by Crippen LogP contribution is -2.35. The summed E-state index contributed by atoms with van der Waals surface area (Å²) in [6.07, 6.45) is 1.77. The molecular formula is C11H15N3O2. The Morgan fingerprint density at radius 1 is 1.31 bits per heavy atom. The number of aromatic amines is 1. The zero-order chi connectivity index (χ0) is 11.4. The van der Waals surface area contributed by atoms with Gasteiger partial charge in [-0.1, -0.05) is 18.2 Å². The first-order valence-corrected chi connectivity index (χ1v) is 5.21. The van der Waals surface area contributed by atoms with Crippen LogP contribution < -0.4 is 5.32 Å². The van der Waals surface area contributed by atoms with Gasteiger partial charge in [0.1, 0.15) is 0 Å². The fourth-order valence-electron chi connectivity index (χ4n) is 1.62. The Kier molecular flexibility index (Phi) is 3.51. The lowest BCUT2D eigenvalue weighted by Gasteiger charge is -2.13. The van der Waals surface area contributed by atoms with E-state index in [4.69, 9.17) is 10.2 Å². The SMILES string of the molecule is OCC(CO)NCc1cccc2cn[nH]c12. The van der Waals surface area contributed by atoms with E-state index in [0.29, 0.717) is 6.54 Å². The Balaban J connectivity index is 2.11. The molecule has 0 saturated carbocycles. The van der Waals surface area contributed by atoms with E-state index in [1.165, 1.54) is 0 Å². The molecule has 4 N–H and O–H groups in total. The van der Waals surface area contributed by atoms with Crippen LogP contribution in [0.3, 0.4) is 0 Å². The zero-order valence-electron chi connectivity index (χ0n) is 8.85. The van der Waals surface area contributed by atoms with Crippen molar-refractivity contribution in [3.05, 3.63) is 30.0 Å². The molecule has 5 heteroatoms. The van der Waals surface area contributed by atoms with Crippen molar-refractivity contribution in [1.82, 2.24) is 15.5 Å². The van der Waals surface area contributed by atoms with Crippen LogP contribution in [0, 0.1) is 0 Å². The third-order valence-corrected chi connectivity index (χ3v) is 2.58. The average Bonchev–Trinajstić information content (AvgIpc) is 2.79. The van der Waals surface area contributed by atoms with Gasteiger partial charge in [-0.2, -0.15) is 5.10 Å². The second-order valence-corrected chi connectivity index (χ2v) is 3.69. The van der Waals surface area contributed by atoms with E-state index in [2.05, 4.69) is 15.5 Å². The Morgan fingerprint density at radius 3 is 2.88 bits per heavy atom. The molecule has 0 amide bonds. The van der Waals surface area contributed by atoms with E-state index in [1.54, 1.807) is 6.20 Å². The molecule has 1 aromatic carbocycles. The van der Waals surface area contributed by atoms with Gasteiger partial charge in [-0.05, 0) is 5.56 Å². The van der Waals surface area contributed by atoms with Crippen LogP contribution in [-0.4, -0.2) is 39.7 Å². The molecule has 2 aromatic rings. The summed E-state index contributed by atoms with van der Waals surface area (Å²) >= 11 is 0. The summed E-state index contributed by atoms with van der Waals surface area (Å²) in [4.78, 5) is 0. The van der Waals surface area contributed by atoms with Crippen LogP contribution >= 0.6 is 0 Å². The van der Waals surface area contributed by atoms with E-state index in [-0.39, 0.29) is 19.3 Å². The topological polar surface area (TPSA) is 81.2 Å². The number of H-pyrrole nitrogens is 1. The minimum Gasteiger partial charge on any atom is -0.395 e. The second-order valence-electron chi connectivity index (χ2n) is 3.69. The fourth-order valence-corrected chi connectivity index (χ4v) is 1.62. The minimum atomic E-state index is -0.279. The van der Waals surface area contributed by atoms with Gasteiger partial charge in [0.05, 0.1) is 31.0 Å². The van der Waals surface area contributed by atoms with Crippen molar-refractivity contribution in [3.8, 4) is 0 Å². The van der Waals surface area contributed by atoms with Gasteiger partial charge in [-0.25, -0.2) is 0 Å². The van der Waals surface area contributed by atoms with E-state index >= 15 is 0 Å². The molecule has 0 atom stereocenters. The third kappa shape index (κ3) is 2.21. The zero-order valence-corrected chi connectivity index (χ0v) is 8.85. The summed E-state index contributed by atoms with van der Waals surface area (Å²) in [5.74, 6) is 0. The minimum absolute atomic E-state index is 0.0740. The van der Waals surface area contributed by atoms with Crippen molar-refractivity contribution in [3.63, 3.8) is 0 Å². The highest BCUT2D eigenvalue weighted by atomic mass is 16.3. The highest BCUT2D eigenvalue weighted by Gasteiger charge is 2.07. The van der Waals surface area contributed by atoms with Crippen molar-refractivity contribution in [1.29, 1.82) is 0 Å². The quantitative estimate of drug-likeness (QED) is 0.573. The average molecular weight is 221 g/mol. The summed E-state index contributed by atoms with van der Waals surface area (Å²) in [6.45, 7) is 0.441. The number of nitrogens with one attached hydrogen (secondary N) is 2. The smallest absolute Gasteiger partial charge is 0.0695 e. The lowest BCUT2D eigenvalue weighted by molar-refractivity contribution is 0.170. The highest BCUT2D eigenvalue weighted by molar-refractivity contribution is 5.81. The van der Waals surface area contributed by atoms with Crippen molar-refractivity contribution < 1.29 is 10.2 Å². The maximum absolute atomic E-state index is 8.93. The van der Waals surface area contributed by atoms with Crippen LogP contribution in [0.5, 0.6) is 0 Å². The normalized spacial score (nSPS) is 11.4. The first kappa shape index (κ1) is 11.1. The van der Waals surface area contributed by atoms with Crippen molar-refractivity contribution >= 4 is 10.9 Å². The fraction of sp³-hybridized carbons (Fsp3) is 0.364. The molecule has 0 spiro atoms. The van der Waals surface area contributed by atoms with Gasteiger partial charge in [0.25, 0.3) is 0 Å². The van der Waals surface area contributed by atoms with Gasteiger partial charge in [-0.3, -0.25) is 5.10 Å². The maximum Gasteiger partial charge on any atom is 0.0695 e. The van der Waals surface area contributed by atoms with Crippen LogP contribution in [0.4, 0.5) is 0 Å². The highest BCUT2D eigenvalue weighted by Crippen LogP contribution is 2.15. The molecule has 0 saturated heterocycles. The van der Waals surface area contributed by atoms with Gasteiger partial charge in [0, 0.05) is 11.9 Å². The van der Waals surface area contributed by atoms with Crippen LogP contribution in [0.1, 0.15) is 5.56 Å². The molecule has 0 unspecified atom stereocenters. The van der Waals surface area contributed by atoms with Crippen LogP contribution in [0.2, 0.25) is 0 Å². The third-order valence-electron chi connectivity index (χ3n) is 2.58. The standard InChI is InChI=1S/C11H15N3O2/c15-6-10(7-16)12-4-8-2-1-3-9-5-13-14-11(8)9/h1-3,5,10,12,15-16H,4,6-7H2,(H,13,14). The predicted octanol–water partition coefficient (Wildman–Crippen LogP) is 0.00570. The number of aliphatic hydroxyl groups is 2. The molecule has 16 heavy (non-hydrogen) atoms. The van der Waals surface area contributed by atoms with E-state index < -0.39 is 0 Å². The van der Waals surface area contributed by atoms with Crippen LogP contribution in [-0.2, 0) is 6.54 Å². The number of para-hydroxylation sites is 1. The largest absolute Gasteiger partial charge is 0.395 e. The second kappa shape index (κ2) is 5.07. The summed E-state index contributed by atoms with van der Waals surface area (Å²) in [6, 6.07) is 5.65. The number of aliphatic hydroxyl groups excluding tert-OH is 2. The predicted molar refractivity (Wildman–Crippen MR) is 60.9 cm³/mol.